The van der Waals surface area contributed by atoms with Crippen LogP contribution in [0.15, 0.2) is 24.3 Å². The number of carbonyl (C=O) groups is 1. The molecule has 1 aromatic heterocycles. The number of rotatable bonds is 2. The van der Waals surface area contributed by atoms with Gasteiger partial charge in [-0.3, -0.25) is 4.79 Å². The summed E-state index contributed by atoms with van der Waals surface area (Å²) in [5.74, 6) is -0.0867. The predicted octanol–water partition coefficient (Wildman–Crippen LogP) is 4.14. The molecule has 1 heterocycles. The standard InChI is InChI=1S/C17H15FN2OS/c1-10-2-7-13-14(9-19)17(22-15(13)8-10)20-16(21)11-3-5-12(18)6-4-11/h3-6,10H,2,7-8H2,1H3,(H,20,21)/t10-/m1/s1. The maximum absolute atomic E-state index is 12.9. The van der Waals surface area contributed by atoms with Crippen molar-refractivity contribution < 1.29 is 9.18 Å². The van der Waals surface area contributed by atoms with Crippen LogP contribution in [0.5, 0.6) is 0 Å². The Hall–Kier alpha value is -2.19. The van der Waals surface area contributed by atoms with Crippen molar-refractivity contribution in [3.8, 4) is 6.07 Å². The Morgan fingerprint density at radius 1 is 1.41 bits per heavy atom. The minimum absolute atomic E-state index is 0.317. The fourth-order valence-corrected chi connectivity index (χ4v) is 4.09. The van der Waals surface area contributed by atoms with Gasteiger partial charge in [0, 0.05) is 10.4 Å². The zero-order chi connectivity index (χ0) is 15.7. The van der Waals surface area contributed by atoms with Crippen LogP contribution in [-0.2, 0) is 12.8 Å². The number of anilines is 1. The maximum Gasteiger partial charge on any atom is 0.256 e. The molecule has 3 nitrogen and oxygen atoms in total. The minimum atomic E-state index is -0.380. The van der Waals surface area contributed by atoms with Gasteiger partial charge in [-0.05, 0) is 55.0 Å². The van der Waals surface area contributed by atoms with Gasteiger partial charge in [-0.25, -0.2) is 4.39 Å². The summed E-state index contributed by atoms with van der Waals surface area (Å²) in [4.78, 5) is 13.4. The molecule has 1 aliphatic rings. The van der Waals surface area contributed by atoms with Gasteiger partial charge in [0.15, 0.2) is 0 Å². The molecule has 112 valence electrons. The van der Waals surface area contributed by atoms with E-state index in [9.17, 15) is 14.4 Å². The van der Waals surface area contributed by atoms with Crippen molar-refractivity contribution in [3.05, 3.63) is 51.7 Å². The quantitative estimate of drug-likeness (QED) is 0.906. The Morgan fingerprint density at radius 3 is 2.82 bits per heavy atom. The van der Waals surface area contributed by atoms with Crippen LogP contribution in [0.3, 0.4) is 0 Å². The summed E-state index contributed by atoms with van der Waals surface area (Å²) in [5, 5.41) is 12.8. The molecule has 0 aliphatic heterocycles. The highest BCUT2D eigenvalue weighted by Crippen LogP contribution is 2.39. The van der Waals surface area contributed by atoms with Crippen LogP contribution >= 0.6 is 11.3 Å². The van der Waals surface area contributed by atoms with Crippen LogP contribution in [0.25, 0.3) is 0 Å². The first kappa shape index (κ1) is 14.7. The van der Waals surface area contributed by atoms with E-state index in [1.165, 1.54) is 40.5 Å². The Bertz CT molecular complexity index is 758. The fourth-order valence-electron chi connectivity index (χ4n) is 2.73. The third kappa shape index (κ3) is 2.75. The molecular formula is C17H15FN2OS. The summed E-state index contributed by atoms with van der Waals surface area (Å²) in [6.07, 6.45) is 2.92. The van der Waals surface area contributed by atoms with Gasteiger partial charge in [0.2, 0.25) is 0 Å². The van der Waals surface area contributed by atoms with Crippen molar-refractivity contribution >= 4 is 22.2 Å². The summed E-state index contributed by atoms with van der Waals surface area (Å²) < 4.78 is 12.9. The number of halogens is 1. The smallest absolute Gasteiger partial charge is 0.256 e. The molecule has 1 amide bonds. The molecule has 2 aromatic rings. The number of carbonyl (C=O) groups excluding carboxylic acids is 1. The summed E-state index contributed by atoms with van der Waals surface area (Å²) in [5.41, 5.74) is 2.05. The third-order valence-corrected chi connectivity index (χ3v) is 5.13. The Kier molecular flexibility index (Phi) is 3.95. The van der Waals surface area contributed by atoms with Crippen LogP contribution in [0, 0.1) is 23.1 Å². The van der Waals surface area contributed by atoms with Crippen LogP contribution < -0.4 is 5.32 Å². The number of nitrogens with one attached hydrogen (secondary N) is 1. The van der Waals surface area contributed by atoms with E-state index < -0.39 is 0 Å². The second-order valence-corrected chi connectivity index (χ2v) is 6.73. The Morgan fingerprint density at radius 2 is 2.14 bits per heavy atom. The molecule has 1 aliphatic carbocycles. The molecule has 0 fully saturated rings. The molecule has 0 unspecified atom stereocenters. The lowest BCUT2D eigenvalue weighted by molar-refractivity contribution is 0.102. The summed E-state index contributed by atoms with van der Waals surface area (Å²) in [6.45, 7) is 2.20. The van der Waals surface area contributed by atoms with Crippen molar-refractivity contribution in [1.82, 2.24) is 0 Å². The number of amides is 1. The van der Waals surface area contributed by atoms with Crippen LogP contribution in [0.2, 0.25) is 0 Å². The molecule has 3 rings (SSSR count). The minimum Gasteiger partial charge on any atom is -0.312 e. The Balaban J connectivity index is 1.88. The number of hydrogen-bond donors (Lipinski definition) is 1. The SMILES string of the molecule is C[C@@H]1CCc2c(sc(NC(=O)c3ccc(F)cc3)c2C#N)C1. The van der Waals surface area contributed by atoms with Gasteiger partial charge in [0.05, 0.1) is 5.56 Å². The highest BCUT2D eigenvalue weighted by molar-refractivity contribution is 7.16. The molecule has 0 bridgehead atoms. The van der Waals surface area contributed by atoms with E-state index in [0.717, 1.165) is 24.8 Å². The molecule has 1 atom stereocenters. The van der Waals surface area contributed by atoms with E-state index >= 15 is 0 Å². The monoisotopic (exact) mass is 314 g/mol. The topological polar surface area (TPSA) is 52.9 Å². The molecule has 22 heavy (non-hydrogen) atoms. The fraction of sp³-hybridized carbons (Fsp3) is 0.294. The molecular weight excluding hydrogens is 299 g/mol. The molecule has 0 saturated heterocycles. The van der Waals surface area contributed by atoms with Gasteiger partial charge >= 0.3 is 0 Å². The van der Waals surface area contributed by atoms with E-state index in [4.69, 9.17) is 0 Å². The van der Waals surface area contributed by atoms with Crippen LogP contribution in [0.4, 0.5) is 9.39 Å². The van der Waals surface area contributed by atoms with E-state index in [0.29, 0.717) is 22.0 Å². The number of fused-ring (bicyclic) bond motifs is 1. The van der Waals surface area contributed by atoms with Gasteiger partial charge in [0.1, 0.15) is 16.9 Å². The first-order chi connectivity index (χ1) is 10.6. The molecule has 0 radical (unpaired) electrons. The van der Waals surface area contributed by atoms with E-state index in [-0.39, 0.29) is 11.7 Å². The maximum atomic E-state index is 12.9. The van der Waals surface area contributed by atoms with E-state index in [1.54, 1.807) is 0 Å². The first-order valence-electron chi connectivity index (χ1n) is 7.20. The van der Waals surface area contributed by atoms with Crippen molar-refractivity contribution in [3.63, 3.8) is 0 Å². The number of benzene rings is 1. The molecule has 1 N–H and O–H groups in total. The zero-order valence-electron chi connectivity index (χ0n) is 12.1. The average Bonchev–Trinajstić information content (AvgIpc) is 2.83. The molecule has 0 saturated carbocycles. The number of nitriles is 1. The van der Waals surface area contributed by atoms with Crippen molar-refractivity contribution in [1.29, 1.82) is 5.26 Å². The van der Waals surface area contributed by atoms with Gasteiger partial charge < -0.3 is 5.32 Å². The Labute approximate surface area is 132 Å². The third-order valence-electron chi connectivity index (χ3n) is 3.96. The van der Waals surface area contributed by atoms with Crippen LogP contribution in [0.1, 0.15) is 39.7 Å². The van der Waals surface area contributed by atoms with Gasteiger partial charge in [0.25, 0.3) is 5.91 Å². The number of nitrogens with zero attached hydrogens (tertiary/aromatic N) is 1. The zero-order valence-corrected chi connectivity index (χ0v) is 13.0. The second-order valence-electron chi connectivity index (χ2n) is 5.63. The first-order valence-corrected chi connectivity index (χ1v) is 8.01. The van der Waals surface area contributed by atoms with Gasteiger partial charge in [-0.1, -0.05) is 6.92 Å². The molecule has 5 heteroatoms. The number of thiophene rings is 1. The lowest BCUT2D eigenvalue weighted by atomic mass is 9.88. The second kappa shape index (κ2) is 5.90. The molecule has 0 spiro atoms. The normalized spacial score (nSPS) is 16.7. The van der Waals surface area contributed by atoms with Crippen molar-refractivity contribution in [2.45, 2.75) is 26.2 Å². The van der Waals surface area contributed by atoms with Gasteiger partial charge in [-0.15, -0.1) is 11.3 Å². The highest BCUT2D eigenvalue weighted by atomic mass is 32.1. The van der Waals surface area contributed by atoms with Crippen LogP contribution in [-0.4, -0.2) is 5.91 Å². The summed E-state index contributed by atoms with van der Waals surface area (Å²) >= 11 is 1.49. The van der Waals surface area contributed by atoms with E-state index in [2.05, 4.69) is 18.3 Å². The van der Waals surface area contributed by atoms with Gasteiger partial charge in [-0.2, -0.15) is 5.26 Å². The van der Waals surface area contributed by atoms with Crippen molar-refractivity contribution in [2.75, 3.05) is 5.32 Å². The summed E-state index contributed by atoms with van der Waals surface area (Å²) in [7, 11) is 0. The summed E-state index contributed by atoms with van der Waals surface area (Å²) in [6, 6.07) is 7.60. The number of hydrogen-bond acceptors (Lipinski definition) is 3. The predicted molar refractivity (Wildman–Crippen MR) is 84.6 cm³/mol. The lowest BCUT2D eigenvalue weighted by Gasteiger charge is -2.17. The van der Waals surface area contributed by atoms with E-state index in [1.807, 2.05) is 0 Å². The lowest BCUT2D eigenvalue weighted by Crippen LogP contribution is -2.12. The highest BCUT2D eigenvalue weighted by Gasteiger charge is 2.24. The largest absolute Gasteiger partial charge is 0.312 e. The molecule has 1 aromatic carbocycles. The average molecular weight is 314 g/mol. The van der Waals surface area contributed by atoms with Crippen molar-refractivity contribution in [2.24, 2.45) is 5.92 Å².